The standard InChI is InChI=1S/C21H27N3O4/c1-26-17-6-4-16(5-7-17)24-12-10-23(11-13-24)15-21(25)22-19-9-8-18(27-2)14-20(19)28-3/h4-9,14H,10-13,15H2,1-3H3,(H,22,25). The number of carbonyl (C=O) groups excluding carboxylic acids is 1. The Hall–Kier alpha value is -2.93. The van der Waals surface area contributed by atoms with Crippen molar-refractivity contribution in [1.82, 2.24) is 4.90 Å². The van der Waals surface area contributed by atoms with Gasteiger partial charge in [0.25, 0.3) is 0 Å². The molecule has 1 N–H and O–H groups in total. The van der Waals surface area contributed by atoms with E-state index in [1.807, 2.05) is 12.1 Å². The lowest BCUT2D eigenvalue weighted by atomic mass is 10.2. The Morgan fingerprint density at radius 3 is 2.14 bits per heavy atom. The molecule has 1 heterocycles. The molecular weight excluding hydrogens is 358 g/mol. The molecule has 0 saturated carbocycles. The van der Waals surface area contributed by atoms with Crippen LogP contribution in [0.4, 0.5) is 11.4 Å². The number of rotatable bonds is 7. The molecule has 0 aromatic heterocycles. The Bertz CT molecular complexity index is 787. The maximum absolute atomic E-state index is 12.5. The highest BCUT2D eigenvalue weighted by molar-refractivity contribution is 5.93. The number of amides is 1. The van der Waals surface area contributed by atoms with E-state index in [-0.39, 0.29) is 5.91 Å². The number of anilines is 2. The molecule has 1 fully saturated rings. The third kappa shape index (κ3) is 4.86. The van der Waals surface area contributed by atoms with Gasteiger partial charge in [0.15, 0.2) is 0 Å². The van der Waals surface area contributed by atoms with Gasteiger partial charge >= 0.3 is 0 Å². The summed E-state index contributed by atoms with van der Waals surface area (Å²) in [6, 6.07) is 13.4. The lowest BCUT2D eigenvalue weighted by Crippen LogP contribution is -2.48. The van der Waals surface area contributed by atoms with Crippen molar-refractivity contribution in [3.05, 3.63) is 42.5 Å². The topological polar surface area (TPSA) is 63.3 Å². The minimum Gasteiger partial charge on any atom is -0.497 e. The number of benzene rings is 2. The molecule has 1 amide bonds. The highest BCUT2D eigenvalue weighted by Crippen LogP contribution is 2.29. The quantitative estimate of drug-likeness (QED) is 0.790. The summed E-state index contributed by atoms with van der Waals surface area (Å²) in [5.41, 5.74) is 1.82. The fourth-order valence-electron chi connectivity index (χ4n) is 3.25. The van der Waals surface area contributed by atoms with Crippen molar-refractivity contribution in [3.8, 4) is 17.2 Å². The van der Waals surface area contributed by atoms with Gasteiger partial charge in [-0.3, -0.25) is 9.69 Å². The first-order chi connectivity index (χ1) is 13.6. The van der Waals surface area contributed by atoms with E-state index < -0.39 is 0 Å². The van der Waals surface area contributed by atoms with Gasteiger partial charge < -0.3 is 24.4 Å². The summed E-state index contributed by atoms with van der Waals surface area (Å²) in [5, 5.41) is 2.93. The monoisotopic (exact) mass is 385 g/mol. The molecule has 0 spiro atoms. The predicted octanol–water partition coefficient (Wildman–Crippen LogP) is 2.47. The lowest BCUT2D eigenvalue weighted by Gasteiger charge is -2.35. The van der Waals surface area contributed by atoms with Gasteiger partial charge in [-0.2, -0.15) is 0 Å². The summed E-state index contributed by atoms with van der Waals surface area (Å²) in [7, 11) is 4.84. The highest BCUT2D eigenvalue weighted by Gasteiger charge is 2.20. The van der Waals surface area contributed by atoms with Crippen LogP contribution in [-0.4, -0.2) is 64.9 Å². The number of methoxy groups -OCH3 is 3. The van der Waals surface area contributed by atoms with Crippen LogP contribution in [0.1, 0.15) is 0 Å². The Labute approximate surface area is 165 Å². The van der Waals surface area contributed by atoms with Gasteiger partial charge in [0.1, 0.15) is 17.2 Å². The van der Waals surface area contributed by atoms with Crippen LogP contribution in [0.15, 0.2) is 42.5 Å². The van der Waals surface area contributed by atoms with Gasteiger partial charge in [-0.05, 0) is 36.4 Å². The van der Waals surface area contributed by atoms with Crippen LogP contribution in [0.2, 0.25) is 0 Å². The molecule has 7 heteroatoms. The molecular formula is C21H27N3O4. The number of nitrogens with zero attached hydrogens (tertiary/aromatic N) is 2. The molecule has 1 aliphatic heterocycles. The summed E-state index contributed by atoms with van der Waals surface area (Å²) in [6.45, 7) is 3.78. The van der Waals surface area contributed by atoms with Crippen LogP contribution in [-0.2, 0) is 4.79 Å². The number of ether oxygens (including phenoxy) is 3. The van der Waals surface area contributed by atoms with Gasteiger partial charge in [0.2, 0.25) is 5.91 Å². The summed E-state index contributed by atoms with van der Waals surface area (Å²) >= 11 is 0. The molecule has 0 aliphatic carbocycles. The molecule has 2 aromatic rings. The van der Waals surface area contributed by atoms with E-state index in [2.05, 4.69) is 27.2 Å². The molecule has 1 saturated heterocycles. The van der Waals surface area contributed by atoms with Crippen molar-refractivity contribution < 1.29 is 19.0 Å². The number of nitrogens with one attached hydrogen (secondary N) is 1. The first kappa shape index (κ1) is 19.8. The lowest BCUT2D eigenvalue weighted by molar-refractivity contribution is -0.117. The zero-order valence-electron chi connectivity index (χ0n) is 16.6. The van der Waals surface area contributed by atoms with Crippen LogP contribution in [0.3, 0.4) is 0 Å². The second kappa shape index (κ2) is 9.32. The van der Waals surface area contributed by atoms with E-state index in [1.54, 1.807) is 39.5 Å². The van der Waals surface area contributed by atoms with E-state index >= 15 is 0 Å². The number of carbonyl (C=O) groups is 1. The Balaban J connectivity index is 1.51. The van der Waals surface area contributed by atoms with Gasteiger partial charge in [-0.15, -0.1) is 0 Å². The average molecular weight is 385 g/mol. The largest absolute Gasteiger partial charge is 0.497 e. The van der Waals surface area contributed by atoms with Crippen molar-refractivity contribution in [2.45, 2.75) is 0 Å². The number of hydrogen-bond acceptors (Lipinski definition) is 6. The molecule has 7 nitrogen and oxygen atoms in total. The fraction of sp³-hybridized carbons (Fsp3) is 0.381. The minimum absolute atomic E-state index is 0.0543. The van der Waals surface area contributed by atoms with E-state index in [1.165, 1.54) is 5.69 Å². The van der Waals surface area contributed by atoms with Crippen molar-refractivity contribution in [2.75, 3.05) is 64.3 Å². The molecule has 0 radical (unpaired) electrons. The Kier molecular flexibility index (Phi) is 6.60. The maximum atomic E-state index is 12.5. The van der Waals surface area contributed by atoms with E-state index in [0.717, 1.165) is 31.9 Å². The van der Waals surface area contributed by atoms with E-state index in [0.29, 0.717) is 23.7 Å². The van der Waals surface area contributed by atoms with Crippen molar-refractivity contribution in [2.24, 2.45) is 0 Å². The summed E-state index contributed by atoms with van der Waals surface area (Å²) in [4.78, 5) is 16.9. The van der Waals surface area contributed by atoms with Crippen LogP contribution in [0.5, 0.6) is 17.2 Å². The van der Waals surface area contributed by atoms with Crippen molar-refractivity contribution in [1.29, 1.82) is 0 Å². The predicted molar refractivity (Wildman–Crippen MR) is 110 cm³/mol. The molecule has 28 heavy (non-hydrogen) atoms. The normalized spacial score (nSPS) is 14.5. The van der Waals surface area contributed by atoms with Crippen molar-refractivity contribution >= 4 is 17.3 Å². The smallest absolute Gasteiger partial charge is 0.238 e. The molecule has 3 rings (SSSR count). The molecule has 0 bridgehead atoms. The Morgan fingerprint density at radius 2 is 1.54 bits per heavy atom. The third-order valence-electron chi connectivity index (χ3n) is 4.86. The molecule has 1 aliphatic rings. The van der Waals surface area contributed by atoms with Gasteiger partial charge in [0, 0.05) is 37.9 Å². The SMILES string of the molecule is COc1ccc(N2CCN(CC(=O)Nc3ccc(OC)cc3OC)CC2)cc1. The first-order valence-corrected chi connectivity index (χ1v) is 9.26. The molecule has 0 atom stereocenters. The second-order valence-electron chi connectivity index (χ2n) is 6.58. The van der Waals surface area contributed by atoms with Gasteiger partial charge in [-0.1, -0.05) is 0 Å². The van der Waals surface area contributed by atoms with Crippen LogP contribution >= 0.6 is 0 Å². The van der Waals surface area contributed by atoms with Gasteiger partial charge in [-0.25, -0.2) is 0 Å². The van der Waals surface area contributed by atoms with Gasteiger partial charge in [0.05, 0.1) is 33.6 Å². The molecule has 0 unspecified atom stereocenters. The molecule has 150 valence electrons. The Morgan fingerprint density at radius 1 is 0.893 bits per heavy atom. The van der Waals surface area contributed by atoms with Crippen LogP contribution < -0.4 is 24.4 Å². The third-order valence-corrected chi connectivity index (χ3v) is 4.86. The fourth-order valence-corrected chi connectivity index (χ4v) is 3.25. The van der Waals surface area contributed by atoms with Crippen molar-refractivity contribution in [3.63, 3.8) is 0 Å². The molecule has 2 aromatic carbocycles. The number of piperazine rings is 1. The zero-order valence-corrected chi connectivity index (χ0v) is 16.6. The maximum Gasteiger partial charge on any atom is 0.238 e. The number of hydrogen-bond donors (Lipinski definition) is 1. The second-order valence-corrected chi connectivity index (χ2v) is 6.58. The van der Waals surface area contributed by atoms with Crippen LogP contribution in [0, 0.1) is 0 Å². The zero-order chi connectivity index (χ0) is 19.9. The minimum atomic E-state index is -0.0543. The summed E-state index contributed by atoms with van der Waals surface area (Å²) in [5.74, 6) is 2.07. The van der Waals surface area contributed by atoms with Crippen LogP contribution in [0.25, 0.3) is 0 Å². The average Bonchev–Trinajstić information content (AvgIpc) is 2.74. The van der Waals surface area contributed by atoms with E-state index in [4.69, 9.17) is 14.2 Å². The highest BCUT2D eigenvalue weighted by atomic mass is 16.5. The summed E-state index contributed by atoms with van der Waals surface area (Å²) in [6.07, 6.45) is 0. The first-order valence-electron chi connectivity index (χ1n) is 9.26. The summed E-state index contributed by atoms with van der Waals surface area (Å²) < 4.78 is 15.7. The van der Waals surface area contributed by atoms with E-state index in [9.17, 15) is 4.79 Å².